The Balaban J connectivity index is 0.00000243. The fourth-order valence-corrected chi connectivity index (χ4v) is 2.98. The number of halogens is 1. The van der Waals surface area contributed by atoms with E-state index in [0.29, 0.717) is 36.2 Å². The van der Waals surface area contributed by atoms with Crippen LogP contribution in [0.15, 0.2) is 28.8 Å². The minimum atomic E-state index is -0.136. The molecule has 2 heterocycles. The molecular weight excluding hydrogens is 356 g/mol. The summed E-state index contributed by atoms with van der Waals surface area (Å²) in [6, 6.07) is 7.80. The minimum Gasteiger partial charge on any atom is -0.384 e. The third kappa shape index (κ3) is 5.79. The number of nitrogens with zero attached hydrogens (tertiary/aromatic N) is 2. The number of rotatable bonds is 8. The third-order valence-corrected chi connectivity index (χ3v) is 4.32. The van der Waals surface area contributed by atoms with Crippen molar-refractivity contribution in [3.8, 4) is 0 Å². The lowest BCUT2D eigenvalue weighted by atomic mass is 9.97. The number of ether oxygens (including phenoxy) is 1. The average Bonchev–Trinajstić information content (AvgIpc) is 3.30. The van der Waals surface area contributed by atoms with Gasteiger partial charge in [0.15, 0.2) is 5.82 Å². The van der Waals surface area contributed by atoms with Gasteiger partial charge in [0.2, 0.25) is 5.89 Å². The van der Waals surface area contributed by atoms with Gasteiger partial charge in [-0.2, -0.15) is 4.98 Å². The summed E-state index contributed by atoms with van der Waals surface area (Å²) < 4.78 is 10.1. The molecule has 7 nitrogen and oxygen atoms in total. The normalized spacial score (nSPS) is 16.3. The molecule has 1 aromatic carbocycles. The first-order valence-corrected chi connectivity index (χ1v) is 8.63. The van der Waals surface area contributed by atoms with Crippen LogP contribution in [0.3, 0.4) is 0 Å². The lowest BCUT2D eigenvalue weighted by Gasteiger charge is -2.09. The fraction of sp³-hybridized carbons (Fsp3) is 0.500. The highest BCUT2D eigenvalue weighted by Gasteiger charge is 2.16. The SMILES string of the molecule is COCCc1noc(CNC(=O)c2cccc(CC3CCNC3)c2)n1.Cl. The van der Waals surface area contributed by atoms with Gasteiger partial charge in [-0.15, -0.1) is 12.4 Å². The van der Waals surface area contributed by atoms with E-state index in [1.54, 1.807) is 7.11 Å². The molecule has 26 heavy (non-hydrogen) atoms. The van der Waals surface area contributed by atoms with Crippen molar-refractivity contribution >= 4 is 18.3 Å². The van der Waals surface area contributed by atoms with Crippen LogP contribution < -0.4 is 10.6 Å². The number of carbonyl (C=O) groups is 1. The molecule has 2 aromatic rings. The predicted molar refractivity (Wildman–Crippen MR) is 99.4 cm³/mol. The zero-order valence-electron chi connectivity index (χ0n) is 14.9. The maximum Gasteiger partial charge on any atom is 0.251 e. The number of carbonyl (C=O) groups excluding carboxylic acids is 1. The molecule has 8 heteroatoms. The summed E-state index contributed by atoms with van der Waals surface area (Å²) in [6.07, 6.45) is 2.78. The van der Waals surface area contributed by atoms with Crippen LogP contribution in [0.25, 0.3) is 0 Å². The predicted octanol–water partition coefficient (Wildman–Crippen LogP) is 1.76. The van der Waals surface area contributed by atoms with E-state index < -0.39 is 0 Å². The summed E-state index contributed by atoms with van der Waals surface area (Å²) in [4.78, 5) is 16.6. The summed E-state index contributed by atoms with van der Waals surface area (Å²) in [5.74, 6) is 1.50. The van der Waals surface area contributed by atoms with Gasteiger partial charge in [0, 0.05) is 19.1 Å². The van der Waals surface area contributed by atoms with E-state index in [2.05, 4.69) is 26.8 Å². The maximum atomic E-state index is 12.4. The number of benzene rings is 1. The van der Waals surface area contributed by atoms with Crippen LogP contribution in [-0.2, 0) is 24.1 Å². The molecule has 2 N–H and O–H groups in total. The molecule has 1 aliphatic rings. The van der Waals surface area contributed by atoms with Crippen molar-refractivity contribution in [3.05, 3.63) is 47.1 Å². The van der Waals surface area contributed by atoms with Gasteiger partial charge in [0.1, 0.15) is 0 Å². The zero-order valence-corrected chi connectivity index (χ0v) is 15.7. The van der Waals surface area contributed by atoms with Gasteiger partial charge < -0.3 is 19.9 Å². The number of methoxy groups -OCH3 is 1. The minimum absolute atomic E-state index is 0. The summed E-state index contributed by atoms with van der Waals surface area (Å²) in [5.41, 5.74) is 1.85. The molecule has 0 aliphatic carbocycles. The van der Waals surface area contributed by atoms with Crippen LogP contribution in [-0.4, -0.2) is 42.9 Å². The number of nitrogens with one attached hydrogen (secondary N) is 2. The van der Waals surface area contributed by atoms with Crippen molar-refractivity contribution in [2.75, 3.05) is 26.8 Å². The van der Waals surface area contributed by atoms with Crippen LogP contribution >= 0.6 is 12.4 Å². The summed E-state index contributed by atoms with van der Waals surface area (Å²) in [7, 11) is 1.62. The van der Waals surface area contributed by atoms with Crippen LogP contribution in [0.2, 0.25) is 0 Å². The Morgan fingerprint density at radius 2 is 2.35 bits per heavy atom. The Morgan fingerprint density at radius 3 is 3.12 bits per heavy atom. The second-order valence-corrected chi connectivity index (χ2v) is 6.29. The molecule has 1 fully saturated rings. The molecule has 1 unspecified atom stereocenters. The molecule has 0 bridgehead atoms. The van der Waals surface area contributed by atoms with Gasteiger partial charge in [0.05, 0.1) is 13.2 Å². The average molecular weight is 381 g/mol. The number of hydrogen-bond acceptors (Lipinski definition) is 6. The molecule has 1 atom stereocenters. The monoisotopic (exact) mass is 380 g/mol. The number of aromatic nitrogens is 2. The van der Waals surface area contributed by atoms with Crippen LogP contribution in [0.5, 0.6) is 0 Å². The Kier molecular flexibility index (Phi) is 8.03. The van der Waals surface area contributed by atoms with Gasteiger partial charge in [0.25, 0.3) is 5.91 Å². The fourth-order valence-electron chi connectivity index (χ4n) is 2.98. The summed E-state index contributed by atoms with van der Waals surface area (Å²) in [6.45, 7) is 2.89. The third-order valence-electron chi connectivity index (χ3n) is 4.32. The second-order valence-electron chi connectivity index (χ2n) is 6.29. The maximum absolute atomic E-state index is 12.4. The standard InChI is InChI=1S/C18H24N4O3.ClH/c1-24-8-6-16-21-17(25-22-16)12-20-18(23)15-4-2-3-13(10-15)9-14-5-7-19-11-14;/h2-4,10,14,19H,5-9,11-12H2,1H3,(H,20,23);1H. The van der Waals surface area contributed by atoms with E-state index in [-0.39, 0.29) is 24.9 Å². The largest absolute Gasteiger partial charge is 0.384 e. The highest BCUT2D eigenvalue weighted by molar-refractivity contribution is 5.94. The van der Waals surface area contributed by atoms with Gasteiger partial charge in [-0.25, -0.2) is 0 Å². The summed E-state index contributed by atoms with van der Waals surface area (Å²) in [5, 5.41) is 10.1. The lowest BCUT2D eigenvalue weighted by molar-refractivity contribution is 0.0946. The molecule has 1 amide bonds. The Labute approximate surface area is 159 Å². The summed E-state index contributed by atoms with van der Waals surface area (Å²) >= 11 is 0. The Morgan fingerprint density at radius 1 is 1.46 bits per heavy atom. The van der Waals surface area contributed by atoms with Gasteiger partial charge >= 0.3 is 0 Å². The first-order valence-electron chi connectivity index (χ1n) is 8.63. The Hall–Kier alpha value is -1.96. The van der Waals surface area contributed by atoms with E-state index in [1.165, 1.54) is 12.0 Å². The van der Waals surface area contributed by atoms with Crippen molar-refractivity contribution < 1.29 is 14.1 Å². The molecule has 0 spiro atoms. The van der Waals surface area contributed by atoms with E-state index in [1.807, 2.05) is 18.2 Å². The van der Waals surface area contributed by atoms with E-state index >= 15 is 0 Å². The van der Waals surface area contributed by atoms with Gasteiger partial charge in [-0.05, 0) is 49.5 Å². The second kappa shape index (κ2) is 10.3. The van der Waals surface area contributed by atoms with Crippen molar-refractivity contribution in [2.24, 2.45) is 5.92 Å². The quantitative estimate of drug-likeness (QED) is 0.725. The highest BCUT2D eigenvalue weighted by atomic mass is 35.5. The molecule has 0 saturated carbocycles. The van der Waals surface area contributed by atoms with E-state index in [4.69, 9.17) is 9.26 Å². The smallest absolute Gasteiger partial charge is 0.251 e. The lowest BCUT2D eigenvalue weighted by Crippen LogP contribution is -2.23. The van der Waals surface area contributed by atoms with Crippen LogP contribution in [0.4, 0.5) is 0 Å². The zero-order chi connectivity index (χ0) is 17.5. The molecule has 3 rings (SSSR count). The van der Waals surface area contributed by atoms with Crippen molar-refractivity contribution in [3.63, 3.8) is 0 Å². The molecule has 0 radical (unpaired) electrons. The van der Waals surface area contributed by atoms with Crippen molar-refractivity contribution in [2.45, 2.75) is 25.8 Å². The molecule has 1 saturated heterocycles. The van der Waals surface area contributed by atoms with Gasteiger partial charge in [-0.1, -0.05) is 17.3 Å². The highest BCUT2D eigenvalue weighted by Crippen LogP contribution is 2.16. The van der Waals surface area contributed by atoms with Crippen molar-refractivity contribution in [1.29, 1.82) is 0 Å². The van der Waals surface area contributed by atoms with E-state index in [0.717, 1.165) is 19.5 Å². The first-order chi connectivity index (χ1) is 12.2. The van der Waals surface area contributed by atoms with E-state index in [9.17, 15) is 4.79 Å². The Bertz CT molecular complexity index is 701. The van der Waals surface area contributed by atoms with Crippen molar-refractivity contribution in [1.82, 2.24) is 20.8 Å². The van der Waals surface area contributed by atoms with Crippen LogP contribution in [0, 0.1) is 5.92 Å². The molecule has 142 valence electrons. The molecule has 1 aliphatic heterocycles. The van der Waals surface area contributed by atoms with Crippen LogP contribution in [0.1, 0.15) is 34.1 Å². The topological polar surface area (TPSA) is 89.3 Å². The number of amides is 1. The van der Waals surface area contributed by atoms with Gasteiger partial charge in [-0.3, -0.25) is 4.79 Å². The molecular formula is C18H25ClN4O3. The molecule has 1 aromatic heterocycles. The first kappa shape index (κ1) is 20.4. The number of hydrogen-bond donors (Lipinski definition) is 2.